The smallest absolute Gasteiger partial charge is 0.237 e. The molecule has 21 heavy (non-hydrogen) atoms. The molecule has 2 aliphatic rings. The summed E-state index contributed by atoms with van der Waals surface area (Å²) in [5.74, 6) is 0.852. The van der Waals surface area contributed by atoms with Crippen LogP contribution in [0, 0.1) is 5.92 Å². The zero-order chi connectivity index (χ0) is 15.1. The Hall–Kier alpha value is -0.650. The predicted octanol–water partition coefficient (Wildman–Crippen LogP) is 0.992. The Labute approximate surface area is 128 Å². The first-order chi connectivity index (χ1) is 10.2. The molecule has 5 heteroatoms. The van der Waals surface area contributed by atoms with Crippen LogP contribution in [0.25, 0.3) is 0 Å². The minimum absolute atomic E-state index is 0.0173. The van der Waals surface area contributed by atoms with Crippen molar-refractivity contribution in [1.29, 1.82) is 0 Å². The SMILES string of the molecule is COCCCNC(=O)C(C)N1CCCC(CNC2CC2)C1. The van der Waals surface area contributed by atoms with E-state index in [-0.39, 0.29) is 11.9 Å². The quantitative estimate of drug-likeness (QED) is 0.623. The molecule has 1 saturated heterocycles. The van der Waals surface area contributed by atoms with Crippen LogP contribution in [-0.2, 0) is 9.53 Å². The van der Waals surface area contributed by atoms with E-state index in [0.29, 0.717) is 19.1 Å². The van der Waals surface area contributed by atoms with Crippen molar-refractivity contribution >= 4 is 5.91 Å². The van der Waals surface area contributed by atoms with E-state index in [1.54, 1.807) is 7.11 Å². The first kappa shape index (κ1) is 16.7. The topological polar surface area (TPSA) is 53.6 Å². The number of carbonyl (C=O) groups excluding carboxylic acids is 1. The van der Waals surface area contributed by atoms with Crippen LogP contribution in [0.5, 0.6) is 0 Å². The number of carbonyl (C=O) groups is 1. The summed E-state index contributed by atoms with van der Waals surface area (Å²) in [4.78, 5) is 14.5. The largest absolute Gasteiger partial charge is 0.385 e. The maximum absolute atomic E-state index is 12.2. The molecule has 122 valence electrons. The van der Waals surface area contributed by atoms with E-state index in [1.807, 2.05) is 6.92 Å². The average Bonchev–Trinajstić information content (AvgIpc) is 3.33. The van der Waals surface area contributed by atoms with Crippen molar-refractivity contribution in [1.82, 2.24) is 15.5 Å². The van der Waals surface area contributed by atoms with E-state index in [1.165, 1.54) is 25.7 Å². The number of hydrogen-bond acceptors (Lipinski definition) is 4. The highest BCUT2D eigenvalue weighted by molar-refractivity contribution is 5.81. The molecule has 0 aromatic carbocycles. The molecule has 1 heterocycles. The van der Waals surface area contributed by atoms with Gasteiger partial charge in [-0.1, -0.05) is 0 Å². The highest BCUT2D eigenvalue weighted by Crippen LogP contribution is 2.22. The van der Waals surface area contributed by atoms with Gasteiger partial charge in [-0.2, -0.15) is 0 Å². The standard InChI is InChI=1S/C16H31N3O2/c1-13(16(20)17-8-4-10-21-2)19-9-3-5-14(12-19)11-18-15-6-7-15/h13-15,18H,3-12H2,1-2H3,(H,17,20). The van der Waals surface area contributed by atoms with Gasteiger partial charge in [0, 0.05) is 32.8 Å². The van der Waals surface area contributed by atoms with Gasteiger partial charge in [0.25, 0.3) is 0 Å². The average molecular weight is 297 g/mol. The summed E-state index contributed by atoms with van der Waals surface area (Å²) in [5, 5.41) is 6.64. The first-order valence-electron chi connectivity index (χ1n) is 8.44. The van der Waals surface area contributed by atoms with Crippen LogP contribution in [0.1, 0.15) is 39.0 Å². The lowest BCUT2D eigenvalue weighted by Gasteiger charge is -2.36. The second kappa shape index (κ2) is 8.71. The van der Waals surface area contributed by atoms with Crippen LogP contribution in [0.15, 0.2) is 0 Å². The molecule has 2 unspecified atom stereocenters. The molecular formula is C16H31N3O2. The van der Waals surface area contributed by atoms with Gasteiger partial charge < -0.3 is 15.4 Å². The highest BCUT2D eigenvalue weighted by Gasteiger charge is 2.28. The van der Waals surface area contributed by atoms with Crippen LogP contribution >= 0.6 is 0 Å². The summed E-state index contributed by atoms with van der Waals surface area (Å²) in [6.45, 7) is 6.65. The molecule has 1 amide bonds. The number of ether oxygens (including phenoxy) is 1. The normalized spacial score (nSPS) is 24.8. The summed E-state index contributed by atoms with van der Waals surface area (Å²) in [7, 11) is 1.69. The molecule has 0 radical (unpaired) electrons. The van der Waals surface area contributed by atoms with Crippen LogP contribution in [0.3, 0.4) is 0 Å². The number of methoxy groups -OCH3 is 1. The second-order valence-electron chi connectivity index (χ2n) is 6.50. The third kappa shape index (κ3) is 5.93. The van der Waals surface area contributed by atoms with Gasteiger partial charge in [0.15, 0.2) is 0 Å². The zero-order valence-electron chi connectivity index (χ0n) is 13.6. The zero-order valence-corrected chi connectivity index (χ0v) is 13.6. The molecule has 0 aromatic heterocycles. The van der Waals surface area contributed by atoms with Crippen molar-refractivity contribution in [3.63, 3.8) is 0 Å². The van der Waals surface area contributed by atoms with Crippen LogP contribution in [0.2, 0.25) is 0 Å². The Bertz CT molecular complexity index is 321. The van der Waals surface area contributed by atoms with Crippen LogP contribution in [0.4, 0.5) is 0 Å². The molecule has 5 nitrogen and oxygen atoms in total. The van der Waals surface area contributed by atoms with Crippen molar-refractivity contribution in [2.45, 2.75) is 51.1 Å². The minimum atomic E-state index is -0.0173. The van der Waals surface area contributed by atoms with Gasteiger partial charge in [-0.05, 0) is 58.0 Å². The predicted molar refractivity (Wildman–Crippen MR) is 84.3 cm³/mol. The van der Waals surface area contributed by atoms with E-state index < -0.39 is 0 Å². The Balaban J connectivity index is 1.67. The molecule has 2 fully saturated rings. The van der Waals surface area contributed by atoms with Crippen molar-refractivity contribution in [3.05, 3.63) is 0 Å². The van der Waals surface area contributed by atoms with Gasteiger partial charge in [-0.3, -0.25) is 9.69 Å². The lowest BCUT2D eigenvalue weighted by Crippen LogP contribution is -2.50. The van der Waals surface area contributed by atoms with E-state index in [9.17, 15) is 4.79 Å². The number of rotatable bonds is 9. The third-order valence-electron chi connectivity index (χ3n) is 4.57. The lowest BCUT2D eigenvalue weighted by molar-refractivity contribution is -0.126. The highest BCUT2D eigenvalue weighted by atomic mass is 16.5. The molecule has 2 N–H and O–H groups in total. The fourth-order valence-corrected chi connectivity index (χ4v) is 2.98. The van der Waals surface area contributed by atoms with E-state index in [4.69, 9.17) is 4.74 Å². The fraction of sp³-hybridized carbons (Fsp3) is 0.938. The molecule has 1 aliphatic carbocycles. The lowest BCUT2D eigenvalue weighted by atomic mass is 9.96. The number of amides is 1. The second-order valence-corrected chi connectivity index (χ2v) is 6.50. The van der Waals surface area contributed by atoms with Gasteiger partial charge in [0.2, 0.25) is 5.91 Å². The van der Waals surface area contributed by atoms with Gasteiger partial charge in [0.1, 0.15) is 0 Å². The third-order valence-corrected chi connectivity index (χ3v) is 4.57. The molecule has 0 aromatic rings. The first-order valence-corrected chi connectivity index (χ1v) is 8.44. The molecule has 1 saturated carbocycles. The summed E-state index contributed by atoms with van der Waals surface area (Å²) in [6.07, 6.45) is 6.06. The molecule has 1 aliphatic heterocycles. The number of nitrogens with zero attached hydrogens (tertiary/aromatic N) is 1. The van der Waals surface area contributed by atoms with Crippen molar-refractivity contribution in [2.75, 3.05) is 39.9 Å². The van der Waals surface area contributed by atoms with Gasteiger partial charge in [-0.25, -0.2) is 0 Å². The van der Waals surface area contributed by atoms with Crippen molar-refractivity contribution in [3.8, 4) is 0 Å². The molecular weight excluding hydrogens is 266 g/mol. The maximum Gasteiger partial charge on any atom is 0.237 e. The monoisotopic (exact) mass is 297 g/mol. The maximum atomic E-state index is 12.2. The Morgan fingerprint density at radius 2 is 2.19 bits per heavy atom. The number of piperidine rings is 1. The Kier molecular flexibility index (Phi) is 6.93. The molecule has 2 atom stereocenters. The Morgan fingerprint density at radius 1 is 1.38 bits per heavy atom. The van der Waals surface area contributed by atoms with Gasteiger partial charge >= 0.3 is 0 Å². The number of hydrogen-bond donors (Lipinski definition) is 2. The minimum Gasteiger partial charge on any atom is -0.385 e. The fourth-order valence-electron chi connectivity index (χ4n) is 2.98. The molecule has 0 bridgehead atoms. The molecule has 2 rings (SSSR count). The van der Waals surface area contributed by atoms with Crippen molar-refractivity contribution in [2.24, 2.45) is 5.92 Å². The van der Waals surface area contributed by atoms with Crippen LogP contribution < -0.4 is 10.6 Å². The van der Waals surface area contributed by atoms with Crippen LogP contribution in [-0.4, -0.2) is 62.8 Å². The van der Waals surface area contributed by atoms with Gasteiger partial charge in [0.05, 0.1) is 6.04 Å². The summed E-state index contributed by atoms with van der Waals surface area (Å²) >= 11 is 0. The van der Waals surface area contributed by atoms with E-state index in [0.717, 1.165) is 32.1 Å². The van der Waals surface area contributed by atoms with E-state index >= 15 is 0 Å². The molecule has 0 spiro atoms. The summed E-state index contributed by atoms with van der Waals surface area (Å²) in [6, 6.07) is 0.762. The van der Waals surface area contributed by atoms with Crippen molar-refractivity contribution < 1.29 is 9.53 Å². The Morgan fingerprint density at radius 3 is 2.90 bits per heavy atom. The number of nitrogens with one attached hydrogen (secondary N) is 2. The summed E-state index contributed by atoms with van der Waals surface area (Å²) < 4.78 is 5.00. The van der Waals surface area contributed by atoms with E-state index in [2.05, 4.69) is 15.5 Å². The number of likely N-dealkylation sites (tertiary alicyclic amines) is 1. The summed E-state index contributed by atoms with van der Waals surface area (Å²) in [5.41, 5.74) is 0. The van der Waals surface area contributed by atoms with Gasteiger partial charge in [-0.15, -0.1) is 0 Å².